The van der Waals surface area contributed by atoms with E-state index in [9.17, 15) is 18.3 Å². The van der Waals surface area contributed by atoms with Gasteiger partial charge in [0.05, 0.1) is 33.6 Å². The Hall–Kier alpha value is -3.01. The number of benzene rings is 2. The van der Waals surface area contributed by atoms with Crippen LogP contribution in [0.4, 0.5) is 5.69 Å². The molecule has 10 heteroatoms. The van der Waals surface area contributed by atoms with E-state index in [1.165, 1.54) is 42.7 Å². The van der Waals surface area contributed by atoms with Gasteiger partial charge >= 0.3 is 0 Å². The zero-order valence-corrected chi connectivity index (χ0v) is 17.7. The van der Waals surface area contributed by atoms with Crippen LogP contribution in [0.25, 0.3) is 11.4 Å². The number of halogens is 1. The molecule has 0 unspecified atom stereocenters. The van der Waals surface area contributed by atoms with Crippen molar-refractivity contribution in [3.05, 3.63) is 65.4 Å². The van der Waals surface area contributed by atoms with Crippen LogP contribution in [-0.2, 0) is 10.0 Å². The van der Waals surface area contributed by atoms with Gasteiger partial charge in [0.2, 0.25) is 10.0 Å². The fourth-order valence-electron chi connectivity index (χ4n) is 2.61. The van der Waals surface area contributed by atoms with Gasteiger partial charge in [0, 0.05) is 11.6 Å². The van der Waals surface area contributed by atoms with Crippen LogP contribution in [0.15, 0.2) is 59.8 Å². The Balaban J connectivity index is 1.81. The monoisotopic (exact) mass is 446 g/mol. The van der Waals surface area contributed by atoms with E-state index in [-0.39, 0.29) is 27.3 Å². The van der Waals surface area contributed by atoms with Crippen molar-refractivity contribution >= 4 is 33.2 Å². The third-order valence-corrected chi connectivity index (χ3v) is 5.88. The number of anilines is 1. The molecule has 0 atom stereocenters. The number of sulfonamides is 1. The minimum absolute atomic E-state index is 0.000330. The van der Waals surface area contributed by atoms with Crippen LogP contribution >= 0.6 is 11.6 Å². The van der Waals surface area contributed by atoms with Crippen molar-refractivity contribution in [2.45, 2.75) is 24.8 Å². The van der Waals surface area contributed by atoms with E-state index in [1.54, 1.807) is 26.0 Å². The summed E-state index contributed by atoms with van der Waals surface area (Å²) in [5, 5.41) is 12.3. The van der Waals surface area contributed by atoms with Crippen LogP contribution in [0, 0.1) is 0 Å². The average Bonchev–Trinajstić information content (AvgIpc) is 2.67. The third kappa shape index (κ3) is 5.12. The zero-order valence-electron chi connectivity index (χ0n) is 16.1. The number of carbonyl (C=O) groups excluding carboxylic acids is 1. The number of hydrogen-bond donors (Lipinski definition) is 3. The molecule has 3 N–H and O–H groups in total. The largest absolute Gasteiger partial charge is 0.508 e. The first-order valence-electron chi connectivity index (χ1n) is 8.90. The summed E-state index contributed by atoms with van der Waals surface area (Å²) in [6.07, 6.45) is 2.80. The number of phenolic OH excluding ortho intramolecular Hbond substituents is 1. The Kier molecular flexibility index (Phi) is 6.35. The number of carbonyl (C=O) groups is 1. The maximum absolute atomic E-state index is 12.6. The summed E-state index contributed by atoms with van der Waals surface area (Å²) < 4.78 is 27.2. The molecular formula is C20H19ClN4O4S. The van der Waals surface area contributed by atoms with Gasteiger partial charge in [0.1, 0.15) is 5.75 Å². The topological polar surface area (TPSA) is 121 Å². The van der Waals surface area contributed by atoms with Gasteiger partial charge < -0.3 is 10.4 Å². The second-order valence-electron chi connectivity index (χ2n) is 6.72. The van der Waals surface area contributed by atoms with Gasteiger partial charge in [-0.15, -0.1) is 0 Å². The number of nitrogens with zero attached hydrogens (tertiary/aromatic N) is 2. The van der Waals surface area contributed by atoms with E-state index in [0.717, 1.165) is 0 Å². The maximum atomic E-state index is 12.6. The second kappa shape index (κ2) is 8.78. The molecule has 0 saturated heterocycles. The molecule has 30 heavy (non-hydrogen) atoms. The lowest BCUT2D eigenvalue weighted by atomic mass is 10.2. The highest BCUT2D eigenvalue weighted by Crippen LogP contribution is 2.23. The number of hydrogen-bond acceptors (Lipinski definition) is 6. The van der Waals surface area contributed by atoms with E-state index in [0.29, 0.717) is 17.1 Å². The molecule has 0 aliphatic heterocycles. The molecule has 0 spiro atoms. The molecule has 0 aliphatic carbocycles. The van der Waals surface area contributed by atoms with Crippen molar-refractivity contribution < 1.29 is 18.3 Å². The minimum atomic E-state index is -3.78. The Bertz CT molecular complexity index is 1180. The van der Waals surface area contributed by atoms with Crippen molar-refractivity contribution in [3.8, 4) is 17.1 Å². The molecule has 3 rings (SSSR count). The summed E-state index contributed by atoms with van der Waals surface area (Å²) in [6, 6.07) is 10.1. The van der Waals surface area contributed by atoms with E-state index in [4.69, 9.17) is 11.6 Å². The lowest BCUT2D eigenvalue weighted by Gasteiger charge is -2.12. The van der Waals surface area contributed by atoms with Crippen molar-refractivity contribution in [2.75, 3.05) is 5.32 Å². The van der Waals surface area contributed by atoms with Gasteiger partial charge in [-0.1, -0.05) is 23.7 Å². The number of rotatable bonds is 6. The van der Waals surface area contributed by atoms with Crippen molar-refractivity contribution in [3.63, 3.8) is 0 Å². The highest BCUT2D eigenvalue weighted by Gasteiger charge is 2.20. The molecule has 2 aromatic carbocycles. The molecular weight excluding hydrogens is 428 g/mol. The predicted octanol–water partition coefficient (Wildman–Crippen LogP) is 3.44. The average molecular weight is 447 g/mol. The molecule has 156 valence electrons. The second-order valence-corrected chi connectivity index (χ2v) is 8.84. The molecule has 0 aliphatic rings. The number of amides is 1. The van der Waals surface area contributed by atoms with Crippen molar-refractivity contribution in [1.82, 2.24) is 14.7 Å². The molecule has 3 aromatic rings. The smallest absolute Gasteiger partial charge is 0.257 e. The molecule has 0 radical (unpaired) electrons. The summed E-state index contributed by atoms with van der Waals surface area (Å²) >= 11 is 6.10. The van der Waals surface area contributed by atoms with Gasteiger partial charge in [-0.25, -0.2) is 23.1 Å². The van der Waals surface area contributed by atoms with Gasteiger partial charge in [-0.2, -0.15) is 0 Å². The van der Waals surface area contributed by atoms with Gasteiger partial charge in [0.15, 0.2) is 5.82 Å². The molecule has 0 saturated carbocycles. The first kappa shape index (κ1) is 21.7. The third-order valence-electron chi connectivity index (χ3n) is 3.90. The number of aromatic hydroxyl groups is 1. The summed E-state index contributed by atoms with van der Waals surface area (Å²) in [5.74, 6) is -0.144. The Morgan fingerprint density at radius 3 is 2.43 bits per heavy atom. The zero-order chi connectivity index (χ0) is 21.9. The highest BCUT2D eigenvalue weighted by atomic mass is 35.5. The van der Waals surface area contributed by atoms with E-state index in [1.807, 2.05) is 0 Å². The number of phenols is 1. The fourth-order valence-corrected chi connectivity index (χ4v) is 4.09. The molecule has 1 amide bonds. The highest BCUT2D eigenvalue weighted by molar-refractivity contribution is 7.89. The van der Waals surface area contributed by atoms with E-state index < -0.39 is 15.9 Å². The van der Waals surface area contributed by atoms with Gasteiger partial charge in [0.25, 0.3) is 5.91 Å². The minimum Gasteiger partial charge on any atom is -0.508 e. The lowest BCUT2D eigenvalue weighted by molar-refractivity contribution is 0.102. The predicted molar refractivity (Wildman–Crippen MR) is 114 cm³/mol. The van der Waals surface area contributed by atoms with Crippen LogP contribution in [0.5, 0.6) is 5.75 Å². The Labute approximate surface area is 179 Å². The van der Waals surface area contributed by atoms with Gasteiger partial charge in [-0.3, -0.25) is 4.79 Å². The first-order chi connectivity index (χ1) is 14.2. The van der Waals surface area contributed by atoms with E-state index >= 15 is 0 Å². The summed E-state index contributed by atoms with van der Waals surface area (Å²) in [4.78, 5) is 20.9. The van der Waals surface area contributed by atoms with Crippen LogP contribution < -0.4 is 10.0 Å². The van der Waals surface area contributed by atoms with Crippen LogP contribution in [-0.4, -0.2) is 35.4 Å². The quantitative estimate of drug-likeness (QED) is 0.533. The van der Waals surface area contributed by atoms with Gasteiger partial charge in [-0.05, 0) is 44.2 Å². The molecule has 0 fully saturated rings. The van der Waals surface area contributed by atoms with Crippen molar-refractivity contribution in [1.29, 1.82) is 0 Å². The molecule has 0 bridgehead atoms. The number of nitrogens with one attached hydrogen (secondary N) is 2. The summed E-state index contributed by atoms with van der Waals surface area (Å²) in [7, 11) is -3.78. The van der Waals surface area contributed by atoms with Crippen LogP contribution in [0.1, 0.15) is 24.2 Å². The first-order valence-corrected chi connectivity index (χ1v) is 10.8. The SMILES string of the molecule is CC(C)NS(=O)(=O)c1ccc(Cl)c(C(=O)Nc2cnc(-c3cccc(O)c3)nc2)c1. The normalized spacial score (nSPS) is 11.5. The molecule has 1 aromatic heterocycles. The number of aromatic nitrogens is 2. The lowest BCUT2D eigenvalue weighted by Crippen LogP contribution is -2.30. The van der Waals surface area contributed by atoms with Crippen molar-refractivity contribution in [2.24, 2.45) is 0 Å². The fraction of sp³-hybridized carbons (Fsp3) is 0.150. The standard InChI is InChI=1S/C20H19ClN4O4S/c1-12(2)25-30(28,29)16-6-7-18(21)17(9-16)20(27)24-14-10-22-19(23-11-14)13-4-3-5-15(26)8-13/h3-12,25-26H,1-2H3,(H,24,27). The Morgan fingerprint density at radius 2 is 1.80 bits per heavy atom. The maximum Gasteiger partial charge on any atom is 0.257 e. The van der Waals surface area contributed by atoms with Crippen LogP contribution in [0.3, 0.4) is 0 Å². The molecule has 1 heterocycles. The van der Waals surface area contributed by atoms with E-state index in [2.05, 4.69) is 20.0 Å². The van der Waals surface area contributed by atoms with Crippen LogP contribution in [0.2, 0.25) is 5.02 Å². The summed E-state index contributed by atoms with van der Waals surface area (Å²) in [6.45, 7) is 3.39. The summed E-state index contributed by atoms with van der Waals surface area (Å²) in [5.41, 5.74) is 0.917. The Morgan fingerprint density at radius 1 is 1.10 bits per heavy atom. The molecule has 8 nitrogen and oxygen atoms in total.